The maximum atomic E-state index is 13.1. The van der Waals surface area contributed by atoms with Gasteiger partial charge in [-0.2, -0.15) is 0 Å². The summed E-state index contributed by atoms with van der Waals surface area (Å²) in [7, 11) is 0. The number of aryl methyl sites for hydroxylation is 1. The van der Waals surface area contributed by atoms with Crippen LogP contribution in [0.4, 0.5) is 0 Å². The zero-order chi connectivity index (χ0) is 21.6. The number of amides is 2. The molecule has 0 saturated heterocycles. The van der Waals surface area contributed by atoms with Crippen molar-refractivity contribution in [2.24, 2.45) is 0 Å². The minimum absolute atomic E-state index is 0.0866. The summed E-state index contributed by atoms with van der Waals surface area (Å²) in [6.45, 7) is 7.77. The van der Waals surface area contributed by atoms with Crippen LogP contribution in [0.3, 0.4) is 0 Å². The van der Waals surface area contributed by atoms with E-state index in [0.717, 1.165) is 11.1 Å². The highest BCUT2D eigenvalue weighted by atomic mass is 35.5. The number of halogens is 2. The summed E-state index contributed by atoms with van der Waals surface area (Å²) in [6.07, 6.45) is 0.934. The molecule has 29 heavy (non-hydrogen) atoms. The van der Waals surface area contributed by atoms with E-state index in [-0.39, 0.29) is 23.9 Å². The first-order valence-corrected chi connectivity index (χ1v) is 10.4. The molecule has 0 bridgehead atoms. The normalized spacial score (nSPS) is 12.3. The average molecular weight is 435 g/mol. The molecule has 0 aliphatic rings. The summed E-state index contributed by atoms with van der Waals surface area (Å²) in [5, 5.41) is 3.83. The van der Waals surface area contributed by atoms with Crippen molar-refractivity contribution < 1.29 is 9.59 Å². The molecule has 4 nitrogen and oxygen atoms in total. The van der Waals surface area contributed by atoms with Crippen molar-refractivity contribution >= 4 is 35.0 Å². The first-order valence-electron chi connectivity index (χ1n) is 9.66. The van der Waals surface area contributed by atoms with Crippen LogP contribution in [0, 0.1) is 0 Å². The van der Waals surface area contributed by atoms with Gasteiger partial charge in [0.15, 0.2) is 0 Å². The summed E-state index contributed by atoms with van der Waals surface area (Å²) in [6, 6.07) is 14.5. The molecule has 6 heteroatoms. The smallest absolute Gasteiger partial charge is 0.242 e. The Balaban J connectivity index is 2.19. The number of carbonyl (C=O) groups is 2. The van der Waals surface area contributed by atoms with E-state index in [4.69, 9.17) is 23.2 Å². The summed E-state index contributed by atoms with van der Waals surface area (Å²) in [5.74, 6) is -0.276. The Morgan fingerprint density at radius 3 is 2.24 bits per heavy atom. The minimum Gasteiger partial charge on any atom is -0.350 e. The minimum atomic E-state index is -0.619. The standard InChI is InChI=1S/C23H28Cl2N2O2/c1-16(22(29)26-23(2,3)4)27(15-18-10-12-19(24)20(25)14-18)21(28)13-11-17-8-6-5-7-9-17/h5-10,12,14,16H,11,13,15H2,1-4H3,(H,26,29)/t16-/m0/s1. The highest BCUT2D eigenvalue weighted by Crippen LogP contribution is 2.24. The summed E-state index contributed by atoms with van der Waals surface area (Å²) in [4.78, 5) is 27.4. The Morgan fingerprint density at radius 2 is 1.66 bits per heavy atom. The lowest BCUT2D eigenvalue weighted by atomic mass is 10.1. The Hall–Kier alpha value is -2.04. The fourth-order valence-corrected chi connectivity index (χ4v) is 3.25. The monoisotopic (exact) mass is 434 g/mol. The molecule has 156 valence electrons. The predicted molar refractivity (Wildman–Crippen MR) is 119 cm³/mol. The summed E-state index contributed by atoms with van der Waals surface area (Å²) >= 11 is 12.1. The molecule has 0 aliphatic heterocycles. The SMILES string of the molecule is C[C@@H](C(=O)NC(C)(C)C)N(Cc1ccc(Cl)c(Cl)c1)C(=O)CCc1ccccc1. The lowest BCUT2D eigenvalue weighted by Gasteiger charge is -2.31. The van der Waals surface area contributed by atoms with Gasteiger partial charge in [-0.05, 0) is 57.4 Å². The van der Waals surface area contributed by atoms with Crippen molar-refractivity contribution in [2.75, 3.05) is 0 Å². The van der Waals surface area contributed by atoms with Gasteiger partial charge < -0.3 is 10.2 Å². The third-order valence-corrected chi connectivity index (χ3v) is 5.21. The number of hydrogen-bond donors (Lipinski definition) is 1. The molecule has 0 aliphatic carbocycles. The van der Waals surface area contributed by atoms with Crippen LogP contribution in [0.5, 0.6) is 0 Å². The Labute approximate surface area is 183 Å². The van der Waals surface area contributed by atoms with Crippen molar-refractivity contribution in [1.29, 1.82) is 0 Å². The van der Waals surface area contributed by atoms with Gasteiger partial charge in [0.1, 0.15) is 6.04 Å². The van der Waals surface area contributed by atoms with Crippen LogP contribution >= 0.6 is 23.2 Å². The van der Waals surface area contributed by atoms with Crippen molar-refractivity contribution in [2.45, 2.75) is 58.7 Å². The molecule has 0 saturated carbocycles. The lowest BCUT2D eigenvalue weighted by molar-refractivity contribution is -0.141. The molecule has 0 radical (unpaired) electrons. The van der Waals surface area contributed by atoms with Crippen LogP contribution in [0.2, 0.25) is 10.0 Å². The molecule has 2 aromatic rings. The van der Waals surface area contributed by atoms with E-state index >= 15 is 0 Å². The van der Waals surface area contributed by atoms with E-state index in [1.165, 1.54) is 0 Å². The van der Waals surface area contributed by atoms with Crippen LogP contribution < -0.4 is 5.32 Å². The van der Waals surface area contributed by atoms with E-state index < -0.39 is 6.04 Å². The quantitative estimate of drug-likeness (QED) is 0.645. The first kappa shape index (κ1) is 23.2. The van der Waals surface area contributed by atoms with E-state index in [2.05, 4.69) is 5.32 Å². The second kappa shape index (κ2) is 10.1. The molecule has 0 aromatic heterocycles. The van der Waals surface area contributed by atoms with Gasteiger partial charge in [0.05, 0.1) is 10.0 Å². The molecule has 0 fully saturated rings. The number of nitrogens with zero attached hydrogens (tertiary/aromatic N) is 1. The molecule has 2 rings (SSSR count). The van der Waals surface area contributed by atoms with Crippen molar-refractivity contribution in [1.82, 2.24) is 10.2 Å². The van der Waals surface area contributed by atoms with Crippen LogP contribution in [0.25, 0.3) is 0 Å². The van der Waals surface area contributed by atoms with E-state index in [9.17, 15) is 9.59 Å². The predicted octanol–water partition coefficient (Wildman–Crippen LogP) is 5.26. The zero-order valence-corrected chi connectivity index (χ0v) is 18.8. The lowest BCUT2D eigenvalue weighted by Crippen LogP contribution is -2.52. The molecule has 0 heterocycles. The number of rotatable bonds is 7. The van der Waals surface area contributed by atoms with Crippen LogP contribution in [0.15, 0.2) is 48.5 Å². The fourth-order valence-electron chi connectivity index (χ4n) is 2.93. The van der Waals surface area contributed by atoms with Gasteiger partial charge in [-0.1, -0.05) is 59.6 Å². The number of benzene rings is 2. The Bertz CT molecular complexity index is 848. The van der Waals surface area contributed by atoms with Gasteiger partial charge in [0.25, 0.3) is 0 Å². The molecule has 2 aromatic carbocycles. The van der Waals surface area contributed by atoms with Crippen LogP contribution in [-0.4, -0.2) is 28.3 Å². The summed E-state index contributed by atoms with van der Waals surface area (Å²) in [5.41, 5.74) is 1.53. The molecular weight excluding hydrogens is 407 g/mol. The average Bonchev–Trinajstić information content (AvgIpc) is 2.66. The van der Waals surface area contributed by atoms with Crippen molar-refractivity contribution in [3.05, 3.63) is 69.7 Å². The van der Waals surface area contributed by atoms with Gasteiger partial charge in [0.2, 0.25) is 11.8 Å². The summed E-state index contributed by atoms with van der Waals surface area (Å²) < 4.78 is 0. The van der Waals surface area contributed by atoms with E-state index in [1.807, 2.05) is 57.2 Å². The van der Waals surface area contributed by atoms with Crippen molar-refractivity contribution in [3.63, 3.8) is 0 Å². The molecule has 1 atom stereocenters. The number of nitrogens with one attached hydrogen (secondary N) is 1. The van der Waals surface area contributed by atoms with E-state index in [0.29, 0.717) is 22.9 Å². The Morgan fingerprint density at radius 1 is 1.00 bits per heavy atom. The first-order chi connectivity index (χ1) is 13.6. The second-order valence-electron chi connectivity index (χ2n) is 8.17. The van der Waals surface area contributed by atoms with Gasteiger partial charge in [-0.3, -0.25) is 9.59 Å². The zero-order valence-electron chi connectivity index (χ0n) is 17.3. The van der Waals surface area contributed by atoms with E-state index in [1.54, 1.807) is 24.0 Å². The highest BCUT2D eigenvalue weighted by Gasteiger charge is 2.28. The third kappa shape index (κ3) is 7.37. The highest BCUT2D eigenvalue weighted by molar-refractivity contribution is 6.42. The maximum Gasteiger partial charge on any atom is 0.242 e. The third-order valence-electron chi connectivity index (χ3n) is 4.47. The Kier molecular flexibility index (Phi) is 8.12. The second-order valence-corrected chi connectivity index (χ2v) is 8.99. The van der Waals surface area contributed by atoms with Crippen molar-refractivity contribution in [3.8, 4) is 0 Å². The fraction of sp³-hybridized carbons (Fsp3) is 0.391. The largest absolute Gasteiger partial charge is 0.350 e. The van der Waals surface area contributed by atoms with Crippen LogP contribution in [-0.2, 0) is 22.6 Å². The molecule has 0 spiro atoms. The molecule has 1 N–H and O–H groups in total. The molecular formula is C23H28Cl2N2O2. The van der Waals surface area contributed by atoms with Gasteiger partial charge in [-0.25, -0.2) is 0 Å². The molecule has 0 unspecified atom stereocenters. The van der Waals surface area contributed by atoms with Gasteiger partial charge in [-0.15, -0.1) is 0 Å². The molecule has 2 amide bonds. The maximum absolute atomic E-state index is 13.1. The topological polar surface area (TPSA) is 49.4 Å². The number of carbonyl (C=O) groups excluding carboxylic acids is 2. The van der Waals surface area contributed by atoms with Crippen LogP contribution in [0.1, 0.15) is 45.2 Å². The number of hydrogen-bond acceptors (Lipinski definition) is 2. The van der Waals surface area contributed by atoms with Gasteiger partial charge >= 0.3 is 0 Å². The van der Waals surface area contributed by atoms with Gasteiger partial charge in [0, 0.05) is 18.5 Å².